The maximum absolute atomic E-state index is 12.0. The van der Waals surface area contributed by atoms with Crippen LogP contribution in [-0.2, 0) is 20.7 Å². The molecule has 102 valence electrons. The van der Waals surface area contributed by atoms with Gasteiger partial charge >= 0.3 is 0 Å². The van der Waals surface area contributed by atoms with E-state index >= 15 is 0 Å². The van der Waals surface area contributed by atoms with Crippen molar-refractivity contribution in [2.24, 2.45) is 5.73 Å². The van der Waals surface area contributed by atoms with Crippen molar-refractivity contribution in [1.29, 1.82) is 0 Å². The number of carbonyl (C=O) groups is 2. The molecule has 2 rings (SSSR count). The van der Waals surface area contributed by atoms with E-state index < -0.39 is 11.4 Å². The third-order valence-corrected chi connectivity index (χ3v) is 3.16. The summed E-state index contributed by atoms with van der Waals surface area (Å²) in [6.07, 6.45) is 0.410. The van der Waals surface area contributed by atoms with Crippen LogP contribution in [0.1, 0.15) is 17.5 Å². The van der Waals surface area contributed by atoms with E-state index in [9.17, 15) is 9.59 Å². The van der Waals surface area contributed by atoms with Crippen LogP contribution in [0.15, 0.2) is 24.3 Å². The molecule has 5 heteroatoms. The SMILES string of the molecule is Cc1ccc(CC(=O)NC2(CC(N)=O)COC2)cc1. The van der Waals surface area contributed by atoms with E-state index in [1.54, 1.807) is 0 Å². The van der Waals surface area contributed by atoms with Crippen LogP contribution in [0.4, 0.5) is 0 Å². The van der Waals surface area contributed by atoms with Crippen LogP contribution in [0.2, 0.25) is 0 Å². The summed E-state index contributed by atoms with van der Waals surface area (Å²) in [5.74, 6) is -0.549. The van der Waals surface area contributed by atoms with Gasteiger partial charge in [0.15, 0.2) is 0 Å². The highest BCUT2D eigenvalue weighted by Gasteiger charge is 2.41. The van der Waals surface area contributed by atoms with Gasteiger partial charge in [0, 0.05) is 0 Å². The number of rotatable bonds is 5. The zero-order chi connectivity index (χ0) is 13.9. The van der Waals surface area contributed by atoms with Crippen LogP contribution >= 0.6 is 0 Å². The maximum Gasteiger partial charge on any atom is 0.225 e. The largest absolute Gasteiger partial charge is 0.376 e. The number of aryl methyl sites for hydroxylation is 1. The molecule has 1 fully saturated rings. The van der Waals surface area contributed by atoms with Crippen LogP contribution in [0.25, 0.3) is 0 Å². The van der Waals surface area contributed by atoms with Gasteiger partial charge in [-0.1, -0.05) is 29.8 Å². The maximum atomic E-state index is 12.0. The van der Waals surface area contributed by atoms with Gasteiger partial charge in [0.05, 0.1) is 31.6 Å². The lowest BCUT2D eigenvalue weighted by Crippen LogP contribution is -2.63. The first-order chi connectivity index (χ1) is 8.99. The number of nitrogens with two attached hydrogens (primary N) is 1. The van der Waals surface area contributed by atoms with E-state index in [1.807, 2.05) is 31.2 Å². The molecule has 1 aromatic carbocycles. The molecule has 3 N–H and O–H groups in total. The number of ether oxygens (including phenoxy) is 1. The molecule has 19 heavy (non-hydrogen) atoms. The molecule has 1 heterocycles. The lowest BCUT2D eigenvalue weighted by molar-refractivity contribution is -0.137. The lowest BCUT2D eigenvalue weighted by Gasteiger charge is -2.41. The van der Waals surface area contributed by atoms with Crippen molar-refractivity contribution in [3.05, 3.63) is 35.4 Å². The Morgan fingerprint density at radius 2 is 1.95 bits per heavy atom. The second-order valence-corrected chi connectivity index (χ2v) is 5.13. The summed E-state index contributed by atoms with van der Waals surface area (Å²) >= 11 is 0. The van der Waals surface area contributed by atoms with E-state index in [2.05, 4.69) is 5.32 Å². The minimum absolute atomic E-state index is 0.117. The van der Waals surface area contributed by atoms with Gasteiger partial charge in [-0.3, -0.25) is 9.59 Å². The van der Waals surface area contributed by atoms with E-state index in [0.29, 0.717) is 19.6 Å². The Balaban J connectivity index is 1.93. The minimum atomic E-state index is -0.604. The summed E-state index contributed by atoms with van der Waals surface area (Å²) in [6.45, 7) is 2.68. The summed E-state index contributed by atoms with van der Waals surface area (Å²) in [6, 6.07) is 7.78. The molecule has 1 aliphatic heterocycles. The van der Waals surface area contributed by atoms with Gasteiger partial charge in [0.1, 0.15) is 0 Å². The van der Waals surface area contributed by atoms with Crippen molar-refractivity contribution >= 4 is 11.8 Å². The second kappa shape index (κ2) is 5.40. The number of hydrogen-bond donors (Lipinski definition) is 2. The Bertz CT molecular complexity index is 478. The van der Waals surface area contributed by atoms with Crippen molar-refractivity contribution < 1.29 is 14.3 Å². The van der Waals surface area contributed by atoms with Crippen LogP contribution in [0, 0.1) is 6.92 Å². The molecule has 0 saturated carbocycles. The van der Waals surface area contributed by atoms with E-state index in [4.69, 9.17) is 10.5 Å². The molecule has 5 nitrogen and oxygen atoms in total. The fourth-order valence-corrected chi connectivity index (χ4v) is 2.13. The molecule has 0 aromatic heterocycles. The predicted molar refractivity (Wildman–Crippen MR) is 70.4 cm³/mol. The quantitative estimate of drug-likeness (QED) is 0.800. The summed E-state index contributed by atoms with van der Waals surface area (Å²) in [5, 5.41) is 2.86. The summed E-state index contributed by atoms with van der Waals surface area (Å²) in [5.41, 5.74) is 6.68. The molecule has 0 spiro atoms. The van der Waals surface area contributed by atoms with Gasteiger partial charge in [-0.2, -0.15) is 0 Å². The number of nitrogens with one attached hydrogen (secondary N) is 1. The number of primary amides is 1. The predicted octanol–water partition coefficient (Wildman–Crippen LogP) is 0.298. The highest BCUT2D eigenvalue weighted by molar-refractivity contribution is 5.81. The normalized spacial score (nSPS) is 16.5. The average molecular weight is 262 g/mol. The first kappa shape index (κ1) is 13.5. The van der Waals surface area contributed by atoms with Crippen molar-refractivity contribution in [2.45, 2.75) is 25.3 Å². The third kappa shape index (κ3) is 3.54. The zero-order valence-electron chi connectivity index (χ0n) is 10.9. The molecule has 0 bridgehead atoms. The molecule has 2 amide bonds. The number of amides is 2. The van der Waals surface area contributed by atoms with E-state index in [0.717, 1.165) is 11.1 Å². The second-order valence-electron chi connectivity index (χ2n) is 5.13. The van der Waals surface area contributed by atoms with Crippen molar-refractivity contribution in [3.63, 3.8) is 0 Å². The monoisotopic (exact) mass is 262 g/mol. The zero-order valence-corrected chi connectivity index (χ0v) is 10.9. The molecular weight excluding hydrogens is 244 g/mol. The summed E-state index contributed by atoms with van der Waals surface area (Å²) in [4.78, 5) is 23.0. The van der Waals surface area contributed by atoms with Crippen LogP contribution in [-0.4, -0.2) is 30.6 Å². The van der Waals surface area contributed by atoms with Gasteiger partial charge in [-0.25, -0.2) is 0 Å². The average Bonchev–Trinajstić information content (AvgIpc) is 2.28. The molecule has 1 saturated heterocycles. The molecule has 0 unspecified atom stereocenters. The minimum Gasteiger partial charge on any atom is -0.376 e. The van der Waals surface area contributed by atoms with Gasteiger partial charge < -0.3 is 15.8 Å². The molecule has 0 atom stereocenters. The highest BCUT2D eigenvalue weighted by atomic mass is 16.5. The number of carbonyl (C=O) groups excluding carboxylic acids is 2. The van der Waals surface area contributed by atoms with E-state index in [1.165, 1.54) is 0 Å². The Morgan fingerprint density at radius 3 is 2.42 bits per heavy atom. The summed E-state index contributed by atoms with van der Waals surface area (Å²) < 4.78 is 5.08. The Labute approximate surface area is 112 Å². The molecule has 1 aromatic rings. The lowest BCUT2D eigenvalue weighted by atomic mass is 9.92. The van der Waals surface area contributed by atoms with Gasteiger partial charge in [0.2, 0.25) is 11.8 Å². The van der Waals surface area contributed by atoms with Crippen LogP contribution in [0.3, 0.4) is 0 Å². The topological polar surface area (TPSA) is 81.4 Å². The highest BCUT2D eigenvalue weighted by Crippen LogP contribution is 2.21. The van der Waals surface area contributed by atoms with Crippen molar-refractivity contribution in [2.75, 3.05) is 13.2 Å². The Hall–Kier alpha value is -1.88. The first-order valence-corrected chi connectivity index (χ1v) is 6.22. The number of hydrogen-bond acceptors (Lipinski definition) is 3. The third-order valence-electron chi connectivity index (χ3n) is 3.16. The smallest absolute Gasteiger partial charge is 0.225 e. The van der Waals surface area contributed by atoms with Gasteiger partial charge in [-0.05, 0) is 12.5 Å². The standard InChI is InChI=1S/C14H18N2O3/c1-10-2-4-11(5-3-10)6-13(18)16-14(7-12(15)17)8-19-9-14/h2-5H,6-9H2,1H3,(H2,15,17)(H,16,18). The van der Waals surface area contributed by atoms with Gasteiger partial charge in [0.25, 0.3) is 0 Å². The fraction of sp³-hybridized carbons (Fsp3) is 0.429. The number of benzene rings is 1. The van der Waals surface area contributed by atoms with Crippen molar-refractivity contribution in [1.82, 2.24) is 5.32 Å². The molecule has 0 aliphatic carbocycles. The van der Waals surface area contributed by atoms with Crippen LogP contribution < -0.4 is 11.1 Å². The Kier molecular flexibility index (Phi) is 3.85. The van der Waals surface area contributed by atoms with E-state index in [-0.39, 0.29) is 12.3 Å². The summed E-state index contributed by atoms with van der Waals surface area (Å²) in [7, 11) is 0. The fourth-order valence-electron chi connectivity index (χ4n) is 2.13. The first-order valence-electron chi connectivity index (χ1n) is 6.22. The molecular formula is C14H18N2O3. The van der Waals surface area contributed by atoms with Gasteiger partial charge in [-0.15, -0.1) is 0 Å². The van der Waals surface area contributed by atoms with Crippen LogP contribution in [0.5, 0.6) is 0 Å². The Morgan fingerprint density at radius 1 is 1.32 bits per heavy atom. The molecule has 1 aliphatic rings. The van der Waals surface area contributed by atoms with Crippen molar-refractivity contribution in [3.8, 4) is 0 Å². The molecule has 0 radical (unpaired) electrons.